The Morgan fingerprint density at radius 1 is 1.62 bits per heavy atom. The summed E-state index contributed by atoms with van der Waals surface area (Å²) in [5.41, 5.74) is 7.69. The Morgan fingerprint density at radius 2 is 2.38 bits per heavy atom. The number of nitrogens with two attached hydrogens (primary N) is 1. The summed E-state index contributed by atoms with van der Waals surface area (Å²) in [6, 6.07) is 0. The second-order valence-corrected chi connectivity index (χ2v) is 3.21. The first-order valence-corrected chi connectivity index (χ1v) is 4.56. The van der Waals surface area contributed by atoms with E-state index in [0.717, 1.165) is 17.8 Å². The van der Waals surface area contributed by atoms with Crippen LogP contribution in [-0.2, 0) is 0 Å². The minimum absolute atomic E-state index is 0.459. The molecule has 1 rings (SSSR count). The van der Waals surface area contributed by atoms with Crippen LogP contribution in [0.4, 0.5) is 0 Å². The molecule has 1 atom stereocenters. The first-order chi connectivity index (χ1) is 6.24. The van der Waals surface area contributed by atoms with Gasteiger partial charge in [-0.3, -0.25) is 4.99 Å². The van der Waals surface area contributed by atoms with E-state index in [1.165, 1.54) is 0 Å². The summed E-state index contributed by atoms with van der Waals surface area (Å²) in [4.78, 5) is 4.25. The van der Waals surface area contributed by atoms with Gasteiger partial charge in [0.1, 0.15) is 0 Å². The lowest BCUT2D eigenvalue weighted by Crippen LogP contribution is -2.11. The molecule has 0 aromatic rings. The van der Waals surface area contributed by atoms with Crippen LogP contribution in [0.25, 0.3) is 0 Å². The van der Waals surface area contributed by atoms with Crippen LogP contribution in [0.1, 0.15) is 20.3 Å². The van der Waals surface area contributed by atoms with Crippen LogP contribution in [0, 0.1) is 5.92 Å². The molecule has 1 aliphatic carbocycles. The van der Waals surface area contributed by atoms with Crippen LogP contribution in [0.5, 0.6) is 0 Å². The van der Waals surface area contributed by atoms with Gasteiger partial charge in [-0.1, -0.05) is 19.1 Å². The SMILES string of the molecule is C/C=C\C=N/C1=CCC(C)C(N)=C1. The van der Waals surface area contributed by atoms with Gasteiger partial charge in [0.2, 0.25) is 0 Å². The highest BCUT2D eigenvalue weighted by atomic mass is 14.7. The average molecular weight is 176 g/mol. The maximum atomic E-state index is 5.80. The van der Waals surface area contributed by atoms with Gasteiger partial charge in [-0.25, -0.2) is 0 Å². The fraction of sp³-hybridized carbons (Fsp3) is 0.364. The van der Waals surface area contributed by atoms with E-state index in [1.54, 1.807) is 6.21 Å². The van der Waals surface area contributed by atoms with Crippen molar-refractivity contribution in [3.8, 4) is 0 Å². The fourth-order valence-electron chi connectivity index (χ4n) is 1.11. The zero-order chi connectivity index (χ0) is 9.68. The molecule has 0 aromatic heterocycles. The summed E-state index contributed by atoms with van der Waals surface area (Å²) in [6.45, 7) is 4.09. The maximum absolute atomic E-state index is 5.80. The van der Waals surface area contributed by atoms with Crippen LogP contribution in [0.15, 0.2) is 40.7 Å². The van der Waals surface area contributed by atoms with Gasteiger partial charge in [0.25, 0.3) is 0 Å². The molecule has 0 amide bonds. The van der Waals surface area contributed by atoms with Crippen molar-refractivity contribution in [2.75, 3.05) is 0 Å². The molecule has 0 radical (unpaired) electrons. The molecule has 1 unspecified atom stereocenters. The molecule has 2 nitrogen and oxygen atoms in total. The molecule has 0 heterocycles. The average Bonchev–Trinajstić information content (AvgIpc) is 2.12. The van der Waals surface area contributed by atoms with E-state index >= 15 is 0 Å². The van der Waals surface area contributed by atoms with Crippen molar-refractivity contribution in [2.45, 2.75) is 20.3 Å². The van der Waals surface area contributed by atoms with E-state index in [-0.39, 0.29) is 0 Å². The van der Waals surface area contributed by atoms with E-state index in [4.69, 9.17) is 5.73 Å². The first-order valence-electron chi connectivity index (χ1n) is 4.56. The Morgan fingerprint density at radius 3 is 3.00 bits per heavy atom. The molecular weight excluding hydrogens is 160 g/mol. The molecule has 0 fully saturated rings. The smallest absolute Gasteiger partial charge is 0.0607 e. The predicted molar refractivity (Wildman–Crippen MR) is 57.4 cm³/mol. The highest BCUT2D eigenvalue weighted by Gasteiger charge is 2.08. The molecule has 2 N–H and O–H groups in total. The van der Waals surface area contributed by atoms with Crippen molar-refractivity contribution in [2.24, 2.45) is 16.6 Å². The van der Waals surface area contributed by atoms with Crippen molar-refractivity contribution in [1.29, 1.82) is 0 Å². The molecule has 0 spiro atoms. The van der Waals surface area contributed by atoms with Crippen molar-refractivity contribution in [3.05, 3.63) is 35.7 Å². The Balaban J connectivity index is 2.64. The van der Waals surface area contributed by atoms with Gasteiger partial charge >= 0.3 is 0 Å². The Hall–Kier alpha value is -1.31. The Bertz CT molecular complexity index is 282. The summed E-state index contributed by atoms with van der Waals surface area (Å²) in [6.07, 6.45) is 10.7. The van der Waals surface area contributed by atoms with Crippen molar-refractivity contribution >= 4 is 6.21 Å². The number of allylic oxidation sites excluding steroid dienone is 5. The van der Waals surface area contributed by atoms with E-state index in [0.29, 0.717) is 5.92 Å². The molecule has 70 valence electrons. The lowest BCUT2D eigenvalue weighted by Gasteiger charge is -2.14. The highest BCUT2D eigenvalue weighted by Crippen LogP contribution is 2.19. The largest absolute Gasteiger partial charge is 0.402 e. The second kappa shape index (κ2) is 4.65. The molecular formula is C11H16N2. The van der Waals surface area contributed by atoms with Crippen molar-refractivity contribution in [3.63, 3.8) is 0 Å². The monoisotopic (exact) mass is 176 g/mol. The van der Waals surface area contributed by atoms with Gasteiger partial charge in [0.05, 0.1) is 5.70 Å². The molecule has 0 saturated carbocycles. The standard InChI is InChI=1S/C11H16N2/c1-3-4-7-13-10-6-5-9(2)11(12)8-10/h3-4,6-9H,5,12H2,1-2H3/b4-3-,13-7-. The molecule has 0 saturated heterocycles. The minimum Gasteiger partial charge on any atom is -0.402 e. The molecule has 1 aliphatic rings. The van der Waals surface area contributed by atoms with Crippen LogP contribution in [0.2, 0.25) is 0 Å². The van der Waals surface area contributed by atoms with Gasteiger partial charge in [0.15, 0.2) is 0 Å². The van der Waals surface area contributed by atoms with Crippen LogP contribution >= 0.6 is 0 Å². The number of hydrogen-bond donors (Lipinski definition) is 1. The van der Waals surface area contributed by atoms with E-state index in [1.807, 2.05) is 25.2 Å². The number of rotatable bonds is 2. The van der Waals surface area contributed by atoms with Gasteiger partial charge in [-0.2, -0.15) is 0 Å². The van der Waals surface area contributed by atoms with Crippen LogP contribution in [-0.4, -0.2) is 6.21 Å². The van der Waals surface area contributed by atoms with E-state index in [9.17, 15) is 0 Å². The van der Waals surface area contributed by atoms with Gasteiger partial charge in [-0.05, 0) is 31.4 Å². The normalized spacial score (nSPS) is 23.7. The van der Waals surface area contributed by atoms with Crippen molar-refractivity contribution in [1.82, 2.24) is 0 Å². The van der Waals surface area contributed by atoms with Gasteiger partial charge in [-0.15, -0.1) is 0 Å². The predicted octanol–water partition coefficient (Wildman–Crippen LogP) is 2.40. The van der Waals surface area contributed by atoms with E-state index in [2.05, 4.69) is 18.0 Å². The summed E-state index contributed by atoms with van der Waals surface area (Å²) in [7, 11) is 0. The van der Waals surface area contributed by atoms with Crippen molar-refractivity contribution < 1.29 is 0 Å². The third-order valence-corrected chi connectivity index (χ3v) is 2.07. The summed E-state index contributed by atoms with van der Waals surface area (Å²) in [5.74, 6) is 0.459. The third kappa shape index (κ3) is 2.90. The first kappa shape index (κ1) is 9.78. The third-order valence-electron chi connectivity index (χ3n) is 2.07. The zero-order valence-electron chi connectivity index (χ0n) is 8.20. The minimum atomic E-state index is 0.459. The van der Waals surface area contributed by atoms with Gasteiger partial charge < -0.3 is 5.73 Å². The summed E-state index contributed by atoms with van der Waals surface area (Å²) < 4.78 is 0. The molecule has 13 heavy (non-hydrogen) atoms. The molecule has 2 heteroatoms. The molecule has 0 aromatic carbocycles. The quantitative estimate of drug-likeness (QED) is 0.645. The second-order valence-electron chi connectivity index (χ2n) is 3.21. The topological polar surface area (TPSA) is 38.4 Å². The Labute approximate surface area is 79.5 Å². The van der Waals surface area contributed by atoms with Gasteiger partial charge in [0, 0.05) is 11.9 Å². The lowest BCUT2D eigenvalue weighted by atomic mass is 9.98. The zero-order valence-corrected chi connectivity index (χ0v) is 8.20. The summed E-state index contributed by atoms with van der Waals surface area (Å²) >= 11 is 0. The maximum Gasteiger partial charge on any atom is 0.0607 e. The fourth-order valence-corrected chi connectivity index (χ4v) is 1.11. The number of hydrogen-bond acceptors (Lipinski definition) is 2. The van der Waals surface area contributed by atoms with E-state index < -0.39 is 0 Å². The molecule has 0 aliphatic heterocycles. The Kier molecular flexibility index (Phi) is 3.50. The summed E-state index contributed by atoms with van der Waals surface area (Å²) in [5, 5.41) is 0. The number of nitrogens with zero attached hydrogens (tertiary/aromatic N) is 1. The highest BCUT2D eigenvalue weighted by molar-refractivity contribution is 5.72. The lowest BCUT2D eigenvalue weighted by molar-refractivity contribution is 0.671. The van der Waals surface area contributed by atoms with Crippen LogP contribution < -0.4 is 5.73 Å². The van der Waals surface area contributed by atoms with Crippen LogP contribution in [0.3, 0.4) is 0 Å². The number of aliphatic imine (C=N–C) groups is 1. The molecule has 0 bridgehead atoms.